The lowest BCUT2D eigenvalue weighted by atomic mass is 9.95. The molecule has 0 spiro atoms. The largest absolute Gasteiger partial charge is 0.213 e. The van der Waals surface area contributed by atoms with Gasteiger partial charge in [0.05, 0.1) is 5.39 Å². The molecule has 15 rings (SSSR count). The van der Waals surface area contributed by atoms with Crippen LogP contribution in [0, 0.1) is 123 Å². The average molecular weight is 1440 g/mol. The highest BCUT2D eigenvalue weighted by atomic mass is 15.0. The molecule has 0 bridgehead atoms. The zero-order chi connectivity index (χ0) is 82.9. The average Bonchev–Trinajstić information content (AvgIpc) is 0.769. The third-order valence-corrected chi connectivity index (χ3v) is 22.3. The van der Waals surface area contributed by atoms with E-state index in [9.17, 15) is 0 Å². The second kappa shape index (κ2) is 33.8. The van der Waals surface area contributed by atoms with Gasteiger partial charge in [-0.15, -0.1) is 0 Å². The molecule has 0 unspecified atom stereocenters. The lowest BCUT2D eigenvalue weighted by molar-refractivity contribution is -0.633. The Hall–Kier alpha value is -10.8. The summed E-state index contributed by atoms with van der Waals surface area (Å²) in [6.07, 6.45) is -0.233. The lowest BCUT2D eigenvalue weighted by Crippen LogP contribution is -2.32. The Balaban J connectivity index is 0.000000141. The molecule has 15 aromatic rings. The van der Waals surface area contributed by atoms with Gasteiger partial charge in [-0.1, -0.05) is 153 Å². The summed E-state index contributed by atoms with van der Waals surface area (Å²) in [6, 6.07) is 79.2. The summed E-state index contributed by atoms with van der Waals surface area (Å²) in [7, 11) is 10.6. The van der Waals surface area contributed by atoms with Crippen LogP contribution in [0.15, 0.2) is 224 Å². The maximum absolute atomic E-state index is 8.54. The molecule has 0 amide bonds. The maximum atomic E-state index is 8.54. The SMILES string of the molecule is Cc1cc(C)c(C)c(-c2cc(C)c3c(C)cccc3[n+]2C)c1.Cc1cc(C)c(C)c(-c2ccc3c(CC(C)C)cccc3[n+]2C)c1.Cc1cc(C)c(C)c(-c2ccc3ccccc3[n+]2C)c1.[2H]C([2H])([2H])c1ccc(-c2ccc3ccccc3[n+]2C)c(C)c1.[2H]C([2H])(c1cccc2c1ccc(-c1cc(C)cc(C)c1C)[n+]2C)C(C)C. The molecule has 0 radical (unpaired) electrons. The first-order valence-electron chi connectivity index (χ1n) is 41.3. The number of rotatable bonds is 9. The first-order chi connectivity index (χ1) is 53.9. The van der Waals surface area contributed by atoms with Crippen molar-refractivity contribution in [3.8, 4) is 56.3 Å². The van der Waals surface area contributed by atoms with E-state index in [4.69, 9.17) is 6.85 Å². The number of benzene rings is 10. The normalized spacial score (nSPS) is 12.1. The Morgan fingerprint density at radius 2 is 0.633 bits per heavy atom. The first kappa shape index (κ1) is 72.4. The Bertz CT molecular complexity index is 6180. The van der Waals surface area contributed by atoms with E-state index >= 15 is 0 Å². The molecule has 5 heteroatoms. The van der Waals surface area contributed by atoms with Crippen molar-refractivity contribution in [1.29, 1.82) is 0 Å². The fourth-order valence-electron chi connectivity index (χ4n) is 16.1. The molecule has 5 aromatic heterocycles. The minimum atomic E-state index is -2.06. The monoisotopic (exact) mass is 1440 g/mol. The molecule has 0 aliphatic rings. The predicted molar refractivity (Wildman–Crippen MR) is 466 cm³/mol. The van der Waals surface area contributed by atoms with Crippen molar-refractivity contribution in [3.05, 3.63) is 325 Å². The molecule has 554 valence electrons. The third-order valence-electron chi connectivity index (χ3n) is 22.3. The summed E-state index contributed by atoms with van der Waals surface area (Å²) in [4.78, 5) is 0. The Kier molecular flexibility index (Phi) is 22.5. The number of fused-ring (bicyclic) bond motifs is 5. The Labute approximate surface area is 659 Å². The highest BCUT2D eigenvalue weighted by molar-refractivity contribution is 5.86. The van der Waals surface area contributed by atoms with Crippen molar-refractivity contribution >= 4 is 54.5 Å². The van der Waals surface area contributed by atoms with E-state index in [1.54, 1.807) is 12.1 Å². The van der Waals surface area contributed by atoms with Crippen molar-refractivity contribution in [2.45, 2.75) is 151 Å². The van der Waals surface area contributed by atoms with E-state index in [0.29, 0.717) is 11.5 Å². The quantitative estimate of drug-likeness (QED) is 0.128. The molecule has 0 atom stereocenters. The summed E-state index contributed by atoms with van der Waals surface area (Å²) in [5.41, 5.74) is 40.7. The van der Waals surface area contributed by atoms with Crippen LogP contribution in [0.3, 0.4) is 0 Å². The number of aromatic nitrogens is 5. The predicted octanol–water partition coefficient (Wildman–Crippen LogP) is 24.0. The minimum absolute atomic E-state index is 0.0836. The van der Waals surface area contributed by atoms with Gasteiger partial charge in [0.1, 0.15) is 35.2 Å². The number of hydrogen-bond acceptors (Lipinski definition) is 0. The smallest absolute Gasteiger partial charge is 0.194 e. The van der Waals surface area contributed by atoms with E-state index in [2.05, 4.69) is 344 Å². The van der Waals surface area contributed by atoms with Crippen LogP contribution in [0.5, 0.6) is 0 Å². The molecule has 5 heterocycles. The van der Waals surface area contributed by atoms with E-state index in [1.165, 1.54) is 161 Å². The van der Waals surface area contributed by atoms with Gasteiger partial charge < -0.3 is 0 Å². The summed E-state index contributed by atoms with van der Waals surface area (Å²) >= 11 is 0. The number of nitrogens with zero attached hydrogens (tertiary/aromatic N) is 5. The zero-order valence-corrected chi connectivity index (χ0v) is 69.5. The summed E-state index contributed by atoms with van der Waals surface area (Å²) in [6.45, 7) is 39.0. The molecule has 109 heavy (non-hydrogen) atoms. The van der Waals surface area contributed by atoms with Crippen molar-refractivity contribution in [2.75, 3.05) is 0 Å². The fraction of sp³-hybridized carbons (Fsp3) is 0.279. The molecular formula is C104H118N5+5. The van der Waals surface area contributed by atoms with Crippen LogP contribution in [0.1, 0.15) is 135 Å². The first-order valence-corrected chi connectivity index (χ1v) is 38.8. The van der Waals surface area contributed by atoms with Crippen molar-refractivity contribution in [1.82, 2.24) is 0 Å². The van der Waals surface area contributed by atoms with Crippen molar-refractivity contribution < 1.29 is 29.7 Å². The van der Waals surface area contributed by atoms with Gasteiger partial charge in [0, 0.05) is 117 Å². The second-order valence-electron chi connectivity index (χ2n) is 31.5. The molecule has 10 aromatic carbocycles. The molecular weight excluding hydrogens is 1320 g/mol. The number of hydrogen-bond donors (Lipinski definition) is 0. The highest BCUT2D eigenvalue weighted by Crippen LogP contribution is 2.34. The van der Waals surface area contributed by atoms with Crippen LogP contribution in [0.2, 0.25) is 0 Å². The summed E-state index contributed by atoms with van der Waals surface area (Å²) < 4.78 is 51.0. The minimum Gasteiger partial charge on any atom is -0.194 e. The fourth-order valence-corrected chi connectivity index (χ4v) is 16.1. The van der Waals surface area contributed by atoms with Crippen LogP contribution in [0.25, 0.3) is 111 Å². The van der Waals surface area contributed by atoms with Crippen molar-refractivity contribution in [2.24, 2.45) is 47.1 Å². The van der Waals surface area contributed by atoms with E-state index < -0.39 is 13.2 Å². The van der Waals surface area contributed by atoms with Crippen LogP contribution in [-0.4, -0.2) is 0 Å². The Morgan fingerprint density at radius 1 is 0.275 bits per heavy atom. The van der Waals surface area contributed by atoms with Gasteiger partial charge in [-0.25, -0.2) is 0 Å². The van der Waals surface area contributed by atoms with Crippen LogP contribution < -0.4 is 22.8 Å². The lowest BCUT2D eigenvalue weighted by Gasteiger charge is -2.12. The van der Waals surface area contributed by atoms with Crippen LogP contribution in [-0.2, 0) is 48.0 Å². The molecule has 0 fully saturated rings. The number of aryl methyl sites for hydroxylation is 17. The Morgan fingerprint density at radius 3 is 1.06 bits per heavy atom. The van der Waals surface area contributed by atoms with Crippen LogP contribution >= 0.6 is 0 Å². The van der Waals surface area contributed by atoms with E-state index in [-0.39, 0.29) is 5.92 Å². The topological polar surface area (TPSA) is 19.4 Å². The van der Waals surface area contributed by atoms with Crippen molar-refractivity contribution in [3.63, 3.8) is 0 Å². The van der Waals surface area contributed by atoms with Gasteiger partial charge in [-0.05, 0) is 274 Å². The maximum Gasteiger partial charge on any atom is 0.213 e. The highest BCUT2D eigenvalue weighted by Gasteiger charge is 2.24. The van der Waals surface area contributed by atoms with Gasteiger partial charge in [-0.3, -0.25) is 0 Å². The molecule has 0 saturated heterocycles. The standard InChI is InChI=1S/2C23H28N.C21H24N.C19H20N.C18H18N/c2*1-15(2)12-19-8-7-9-22-20(19)10-11-23(24(22)6)21-14-16(3)13-17(4)18(21)5;1-13-10-15(3)17(5)18(11-13)20-12-16(4)21-14(2)8-7-9-19(21)22(20)6;1-13-11-14(2)15(3)17(12-13)19-10-9-16-7-5-6-8-18(16)20(19)4;1-13-8-10-16(14(2)12-13)18-11-9-15-6-4-5-7-17(15)19(18)3/h2*7-11,13-15H,12H2,1-6H3;7-12H,1-6H3;5-12H,1-4H3;4-12H,1-3H3/q5*+1/i12D2;;;;1D3. The number of para-hydroxylation sites is 2. The van der Waals surface area contributed by atoms with E-state index in [0.717, 1.165) is 50.9 Å². The molecule has 0 aliphatic heterocycles. The van der Waals surface area contributed by atoms with E-state index in [1.807, 2.05) is 58.2 Å². The zero-order valence-electron chi connectivity index (χ0n) is 74.5. The summed E-state index contributed by atoms with van der Waals surface area (Å²) in [5, 5.41) is 6.20. The second-order valence-corrected chi connectivity index (χ2v) is 31.5. The molecule has 0 saturated carbocycles. The summed E-state index contributed by atoms with van der Waals surface area (Å²) in [5.74, 6) is 0.585. The van der Waals surface area contributed by atoms with Gasteiger partial charge >= 0.3 is 0 Å². The van der Waals surface area contributed by atoms with Crippen LogP contribution in [0.4, 0.5) is 0 Å². The van der Waals surface area contributed by atoms with Gasteiger partial charge in [0.25, 0.3) is 0 Å². The molecule has 0 aliphatic carbocycles. The molecule has 5 nitrogen and oxygen atoms in total. The molecule has 0 N–H and O–H groups in total. The van der Waals surface area contributed by atoms with Gasteiger partial charge in [0.15, 0.2) is 0 Å². The van der Waals surface area contributed by atoms with Gasteiger partial charge in [-0.2, -0.15) is 22.8 Å². The number of pyridine rings is 5. The third kappa shape index (κ3) is 17.2. The van der Waals surface area contributed by atoms with Gasteiger partial charge in [0.2, 0.25) is 56.1 Å².